The first-order valence-electron chi connectivity index (χ1n) is 8.32. The molecule has 0 spiro atoms. The van der Waals surface area contributed by atoms with E-state index < -0.39 is 10.0 Å². The van der Waals surface area contributed by atoms with Gasteiger partial charge in [0.25, 0.3) is 10.0 Å². The number of carbonyl (C=O) groups is 1. The third kappa shape index (κ3) is 4.39. The van der Waals surface area contributed by atoms with E-state index in [1.54, 1.807) is 53.4 Å². The molecule has 6 heteroatoms. The van der Waals surface area contributed by atoms with E-state index in [1.807, 2.05) is 26.8 Å². The molecule has 1 amide bonds. The van der Waals surface area contributed by atoms with Crippen molar-refractivity contribution >= 4 is 21.6 Å². The van der Waals surface area contributed by atoms with Crippen LogP contribution in [0.15, 0.2) is 59.5 Å². The topological polar surface area (TPSA) is 57.7 Å². The summed E-state index contributed by atoms with van der Waals surface area (Å²) in [7, 11) is -3.83. The maximum Gasteiger partial charge on any atom is 0.264 e. The molecular weight excluding hydrogens is 336 g/mol. The third-order valence-corrected chi connectivity index (χ3v) is 5.80. The Kier molecular flexibility index (Phi) is 6.20. The number of benzene rings is 2. The number of anilines is 1. The molecule has 2 aromatic carbocycles. The summed E-state index contributed by atoms with van der Waals surface area (Å²) >= 11 is 0. The minimum absolute atomic E-state index is 0.170. The lowest BCUT2D eigenvalue weighted by Gasteiger charge is -2.27. The Morgan fingerprint density at radius 3 is 2.16 bits per heavy atom. The summed E-state index contributed by atoms with van der Waals surface area (Å²) in [6.07, 6.45) is 0. The zero-order valence-corrected chi connectivity index (χ0v) is 15.7. The fraction of sp³-hybridized carbons (Fsp3) is 0.316. The molecule has 0 aliphatic rings. The van der Waals surface area contributed by atoms with Gasteiger partial charge in [0.2, 0.25) is 5.91 Å². The van der Waals surface area contributed by atoms with Crippen LogP contribution >= 0.6 is 0 Å². The Bertz CT molecular complexity index is 816. The molecule has 0 aromatic heterocycles. The van der Waals surface area contributed by atoms with Crippen LogP contribution in [-0.4, -0.2) is 38.9 Å². The number of hydrogen-bond acceptors (Lipinski definition) is 3. The summed E-state index contributed by atoms with van der Waals surface area (Å²) in [5.74, 6) is -0.217. The van der Waals surface area contributed by atoms with Crippen LogP contribution in [0.2, 0.25) is 0 Å². The van der Waals surface area contributed by atoms with Gasteiger partial charge in [-0.25, -0.2) is 8.42 Å². The first-order chi connectivity index (χ1) is 11.9. The molecule has 2 rings (SSSR count). The second-order valence-corrected chi connectivity index (χ2v) is 7.59. The molecule has 0 heterocycles. The molecule has 0 N–H and O–H groups in total. The summed E-state index contributed by atoms with van der Waals surface area (Å²) in [5, 5.41) is 0. The summed E-state index contributed by atoms with van der Waals surface area (Å²) in [5.41, 5.74) is 1.42. The molecule has 0 bridgehead atoms. The van der Waals surface area contributed by atoms with E-state index in [9.17, 15) is 13.2 Å². The number of nitrogens with zero attached hydrogens (tertiary/aromatic N) is 2. The van der Waals surface area contributed by atoms with Crippen molar-refractivity contribution in [3.05, 3.63) is 60.2 Å². The third-order valence-electron chi connectivity index (χ3n) is 4.02. The number of sulfonamides is 1. The molecule has 0 fully saturated rings. The van der Waals surface area contributed by atoms with Gasteiger partial charge in [-0.05, 0) is 50.6 Å². The van der Waals surface area contributed by atoms with E-state index in [1.165, 1.54) is 4.31 Å². The highest BCUT2D eigenvalue weighted by atomic mass is 32.2. The molecule has 0 radical (unpaired) electrons. The maximum atomic E-state index is 13.1. The highest BCUT2D eigenvalue weighted by Gasteiger charge is 2.28. The number of aryl methyl sites for hydroxylation is 1. The normalized spacial score (nSPS) is 11.2. The van der Waals surface area contributed by atoms with E-state index in [-0.39, 0.29) is 17.3 Å². The van der Waals surface area contributed by atoms with Crippen molar-refractivity contribution in [1.29, 1.82) is 0 Å². The second kappa shape index (κ2) is 8.16. The minimum atomic E-state index is -3.83. The first-order valence-corrected chi connectivity index (χ1v) is 9.76. The smallest absolute Gasteiger partial charge is 0.264 e. The Morgan fingerprint density at radius 1 is 0.960 bits per heavy atom. The molecule has 5 nitrogen and oxygen atoms in total. The van der Waals surface area contributed by atoms with Crippen LogP contribution in [0.25, 0.3) is 0 Å². The summed E-state index contributed by atoms with van der Waals surface area (Å²) in [4.78, 5) is 14.4. The maximum absolute atomic E-state index is 13.1. The zero-order valence-electron chi connectivity index (χ0n) is 14.8. The molecule has 0 atom stereocenters. The van der Waals surface area contributed by atoms with Crippen LogP contribution in [0.5, 0.6) is 0 Å². The van der Waals surface area contributed by atoms with Gasteiger partial charge in [0.05, 0.1) is 10.6 Å². The molecule has 2 aromatic rings. The first kappa shape index (κ1) is 19.0. The summed E-state index contributed by atoms with van der Waals surface area (Å²) in [6.45, 7) is 6.52. The van der Waals surface area contributed by atoms with Crippen LogP contribution in [0, 0.1) is 6.92 Å². The van der Waals surface area contributed by atoms with E-state index in [0.717, 1.165) is 5.56 Å². The largest absolute Gasteiger partial charge is 0.342 e. The fourth-order valence-corrected chi connectivity index (χ4v) is 4.04. The van der Waals surface area contributed by atoms with Gasteiger partial charge in [0, 0.05) is 13.1 Å². The highest BCUT2D eigenvalue weighted by molar-refractivity contribution is 7.92. The van der Waals surface area contributed by atoms with Crippen LogP contribution < -0.4 is 4.31 Å². The lowest BCUT2D eigenvalue weighted by Crippen LogP contribution is -2.43. The molecular formula is C19H24N2O3S. The lowest BCUT2D eigenvalue weighted by atomic mass is 10.2. The van der Waals surface area contributed by atoms with Gasteiger partial charge in [-0.2, -0.15) is 0 Å². The van der Waals surface area contributed by atoms with Crippen LogP contribution in [0.1, 0.15) is 19.4 Å². The quantitative estimate of drug-likeness (QED) is 0.762. The average Bonchev–Trinajstić information content (AvgIpc) is 2.61. The number of hydrogen-bond donors (Lipinski definition) is 0. The second-order valence-electron chi connectivity index (χ2n) is 5.73. The van der Waals surface area contributed by atoms with Crippen molar-refractivity contribution in [1.82, 2.24) is 4.90 Å². The molecule has 0 saturated carbocycles. The highest BCUT2D eigenvalue weighted by Crippen LogP contribution is 2.24. The molecule has 0 aliphatic heterocycles. The SMILES string of the molecule is CCN(CC)C(=O)CN(c1cccc(C)c1)S(=O)(=O)c1ccccc1. The zero-order chi connectivity index (χ0) is 18.4. The van der Waals surface area contributed by atoms with Crippen LogP contribution in [0.4, 0.5) is 5.69 Å². The fourth-order valence-electron chi connectivity index (χ4n) is 2.62. The molecule has 0 saturated heterocycles. The number of rotatable bonds is 7. The van der Waals surface area contributed by atoms with E-state index >= 15 is 0 Å². The van der Waals surface area contributed by atoms with Crippen molar-refractivity contribution in [3.63, 3.8) is 0 Å². The van der Waals surface area contributed by atoms with Crippen molar-refractivity contribution in [3.8, 4) is 0 Å². The van der Waals surface area contributed by atoms with Gasteiger partial charge in [0.15, 0.2) is 0 Å². The summed E-state index contributed by atoms with van der Waals surface area (Å²) in [6, 6.07) is 15.4. The Labute approximate surface area is 149 Å². The number of amides is 1. The van der Waals surface area contributed by atoms with Gasteiger partial charge >= 0.3 is 0 Å². The van der Waals surface area contributed by atoms with Crippen molar-refractivity contribution in [2.75, 3.05) is 23.9 Å². The minimum Gasteiger partial charge on any atom is -0.342 e. The predicted molar refractivity (Wildman–Crippen MR) is 100 cm³/mol. The molecule has 0 unspecified atom stereocenters. The van der Waals surface area contributed by atoms with Gasteiger partial charge in [-0.3, -0.25) is 9.10 Å². The summed E-state index contributed by atoms with van der Waals surface area (Å²) < 4.78 is 27.5. The Balaban J connectivity index is 2.48. The monoisotopic (exact) mass is 360 g/mol. The van der Waals surface area contributed by atoms with Gasteiger partial charge < -0.3 is 4.90 Å². The number of likely N-dealkylation sites (N-methyl/N-ethyl adjacent to an activating group) is 1. The van der Waals surface area contributed by atoms with Gasteiger partial charge in [-0.1, -0.05) is 30.3 Å². The average molecular weight is 360 g/mol. The molecule has 134 valence electrons. The lowest BCUT2D eigenvalue weighted by molar-refractivity contribution is -0.129. The van der Waals surface area contributed by atoms with E-state index in [2.05, 4.69) is 0 Å². The van der Waals surface area contributed by atoms with Gasteiger partial charge in [0.1, 0.15) is 6.54 Å². The van der Waals surface area contributed by atoms with Crippen molar-refractivity contribution < 1.29 is 13.2 Å². The standard InChI is InChI=1S/C19H24N2O3S/c1-4-20(5-2)19(22)15-21(17-11-9-10-16(3)14-17)25(23,24)18-12-7-6-8-13-18/h6-14H,4-5,15H2,1-3H3. The van der Waals surface area contributed by atoms with E-state index in [4.69, 9.17) is 0 Å². The van der Waals surface area contributed by atoms with Crippen molar-refractivity contribution in [2.24, 2.45) is 0 Å². The van der Waals surface area contributed by atoms with E-state index in [0.29, 0.717) is 18.8 Å². The predicted octanol–water partition coefficient (Wildman–Crippen LogP) is 3.06. The number of carbonyl (C=O) groups excluding carboxylic acids is 1. The molecule has 25 heavy (non-hydrogen) atoms. The Morgan fingerprint density at radius 2 is 1.60 bits per heavy atom. The van der Waals surface area contributed by atoms with Crippen LogP contribution in [0.3, 0.4) is 0 Å². The Hall–Kier alpha value is -2.34. The molecule has 0 aliphatic carbocycles. The van der Waals surface area contributed by atoms with Gasteiger partial charge in [-0.15, -0.1) is 0 Å². The van der Waals surface area contributed by atoms with Crippen LogP contribution in [-0.2, 0) is 14.8 Å². The van der Waals surface area contributed by atoms with Crippen molar-refractivity contribution in [2.45, 2.75) is 25.7 Å².